The van der Waals surface area contributed by atoms with Crippen LogP contribution in [0.2, 0.25) is 0 Å². The fourth-order valence-electron chi connectivity index (χ4n) is 2.82. The third-order valence-electron chi connectivity index (χ3n) is 3.89. The lowest BCUT2D eigenvalue weighted by Crippen LogP contribution is -1.99. The number of halogens is 2. The van der Waals surface area contributed by atoms with Crippen LogP contribution >= 0.6 is 15.9 Å². The molecular weight excluding hydrogens is 343 g/mol. The van der Waals surface area contributed by atoms with Crippen molar-refractivity contribution in [1.82, 2.24) is 4.98 Å². The highest BCUT2D eigenvalue weighted by Crippen LogP contribution is 2.34. The molecule has 0 saturated carbocycles. The van der Waals surface area contributed by atoms with Gasteiger partial charge >= 0.3 is 0 Å². The summed E-state index contributed by atoms with van der Waals surface area (Å²) in [7, 11) is 0. The Morgan fingerprint density at radius 1 is 1.09 bits per heavy atom. The average Bonchev–Trinajstić information content (AvgIpc) is 2.86. The Hall–Kier alpha value is -1.65. The van der Waals surface area contributed by atoms with Crippen LogP contribution in [0.25, 0.3) is 22.2 Å². The number of hydrogen-bond donors (Lipinski definition) is 2. The van der Waals surface area contributed by atoms with Gasteiger partial charge in [0, 0.05) is 20.9 Å². The molecule has 22 heavy (non-hydrogen) atoms. The molecule has 0 aliphatic carbocycles. The van der Waals surface area contributed by atoms with Crippen molar-refractivity contribution < 1.29 is 4.39 Å². The van der Waals surface area contributed by atoms with Crippen molar-refractivity contribution in [3.63, 3.8) is 0 Å². The summed E-state index contributed by atoms with van der Waals surface area (Å²) in [5, 5.41) is 1.14. The number of aromatic nitrogens is 1. The van der Waals surface area contributed by atoms with Crippen molar-refractivity contribution in [2.24, 2.45) is 5.73 Å². The lowest BCUT2D eigenvalue weighted by molar-refractivity contribution is 0.630. The quantitative estimate of drug-likeness (QED) is 0.616. The number of aryl methyl sites for hydroxylation is 1. The highest BCUT2D eigenvalue weighted by molar-refractivity contribution is 9.10. The molecule has 0 radical (unpaired) electrons. The molecule has 0 aliphatic rings. The number of benzene rings is 2. The van der Waals surface area contributed by atoms with Gasteiger partial charge in [0.15, 0.2) is 0 Å². The molecule has 2 aromatic carbocycles. The molecule has 0 fully saturated rings. The fourth-order valence-corrected chi connectivity index (χ4v) is 3.18. The predicted molar refractivity (Wildman–Crippen MR) is 93.4 cm³/mol. The average molecular weight is 361 g/mol. The summed E-state index contributed by atoms with van der Waals surface area (Å²) >= 11 is 3.52. The van der Waals surface area contributed by atoms with Gasteiger partial charge in [-0.25, -0.2) is 4.39 Å². The number of nitrogens with one attached hydrogen (secondary N) is 1. The summed E-state index contributed by atoms with van der Waals surface area (Å²) in [5.41, 5.74) is 9.30. The Labute approximate surface area is 137 Å². The minimum atomic E-state index is -0.201. The SMILES string of the molecule is NCCCCc1c(-c2ccccc2F)[nH]c2ccc(Br)cc12. The lowest BCUT2D eigenvalue weighted by atomic mass is 10.00. The second-order valence-electron chi connectivity index (χ2n) is 5.39. The van der Waals surface area contributed by atoms with E-state index >= 15 is 0 Å². The van der Waals surface area contributed by atoms with Crippen molar-refractivity contribution in [1.29, 1.82) is 0 Å². The summed E-state index contributed by atoms with van der Waals surface area (Å²) < 4.78 is 15.2. The maximum Gasteiger partial charge on any atom is 0.132 e. The Kier molecular flexibility index (Phi) is 4.60. The van der Waals surface area contributed by atoms with E-state index < -0.39 is 0 Å². The maximum atomic E-state index is 14.2. The molecule has 0 unspecified atom stereocenters. The molecule has 0 amide bonds. The number of rotatable bonds is 5. The lowest BCUT2D eigenvalue weighted by Gasteiger charge is -2.06. The van der Waals surface area contributed by atoms with Gasteiger partial charge in [-0.1, -0.05) is 28.1 Å². The molecule has 0 aliphatic heterocycles. The molecule has 0 spiro atoms. The number of fused-ring (bicyclic) bond motifs is 1. The van der Waals surface area contributed by atoms with Crippen molar-refractivity contribution >= 4 is 26.8 Å². The zero-order valence-corrected chi connectivity index (χ0v) is 13.8. The molecule has 3 N–H and O–H groups in total. The van der Waals surface area contributed by atoms with Gasteiger partial charge in [-0.15, -0.1) is 0 Å². The monoisotopic (exact) mass is 360 g/mol. The number of aromatic amines is 1. The second-order valence-corrected chi connectivity index (χ2v) is 6.31. The van der Waals surface area contributed by atoms with Gasteiger partial charge in [0.25, 0.3) is 0 Å². The third kappa shape index (κ3) is 2.94. The number of unbranched alkanes of at least 4 members (excludes halogenated alkanes) is 1. The first-order valence-corrected chi connectivity index (χ1v) is 8.25. The second kappa shape index (κ2) is 6.63. The third-order valence-corrected chi connectivity index (χ3v) is 4.39. The topological polar surface area (TPSA) is 41.8 Å². The van der Waals surface area contributed by atoms with Crippen LogP contribution in [-0.2, 0) is 6.42 Å². The van der Waals surface area contributed by atoms with Gasteiger partial charge in [-0.05, 0) is 61.7 Å². The summed E-state index contributed by atoms with van der Waals surface area (Å²) in [5.74, 6) is -0.201. The van der Waals surface area contributed by atoms with E-state index in [4.69, 9.17) is 5.73 Å². The van der Waals surface area contributed by atoms with Crippen LogP contribution in [0, 0.1) is 5.82 Å². The highest BCUT2D eigenvalue weighted by Gasteiger charge is 2.15. The van der Waals surface area contributed by atoms with E-state index in [0.717, 1.165) is 45.9 Å². The highest BCUT2D eigenvalue weighted by atomic mass is 79.9. The maximum absolute atomic E-state index is 14.2. The van der Waals surface area contributed by atoms with E-state index in [0.29, 0.717) is 12.1 Å². The van der Waals surface area contributed by atoms with E-state index in [-0.39, 0.29) is 5.82 Å². The first-order chi connectivity index (χ1) is 10.7. The molecule has 3 aromatic rings. The summed E-state index contributed by atoms with van der Waals surface area (Å²) in [6.45, 7) is 0.682. The number of hydrogen-bond acceptors (Lipinski definition) is 1. The van der Waals surface area contributed by atoms with E-state index in [1.807, 2.05) is 24.3 Å². The molecule has 3 rings (SSSR count). The smallest absolute Gasteiger partial charge is 0.132 e. The normalized spacial score (nSPS) is 11.2. The first-order valence-electron chi connectivity index (χ1n) is 7.46. The minimum Gasteiger partial charge on any atom is -0.354 e. The van der Waals surface area contributed by atoms with E-state index in [1.165, 1.54) is 6.07 Å². The van der Waals surface area contributed by atoms with E-state index in [2.05, 4.69) is 27.0 Å². The van der Waals surface area contributed by atoms with Crippen LogP contribution in [0.5, 0.6) is 0 Å². The predicted octanol–water partition coefficient (Wildman–Crippen LogP) is 5.02. The van der Waals surface area contributed by atoms with Crippen LogP contribution in [0.1, 0.15) is 18.4 Å². The van der Waals surface area contributed by atoms with E-state index in [1.54, 1.807) is 6.07 Å². The van der Waals surface area contributed by atoms with Crippen LogP contribution in [0.3, 0.4) is 0 Å². The fraction of sp³-hybridized carbons (Fsp3) is 0.222. The molecular formula is C18H18BrFN2. The zero-order chi connectivity index (χ0) is 15.5. The van der Waals surface area contributed by atoms with Crippen molar-refractivity contribution in [3.8, 4) is 11.3 Å². The molecule has 1 aromatic heterocycles. The van der Waals surface area contributed by atoms with Crippen LogP contribution in [0.15, 0.2) is 46.9 Å². The molecule has 4 heteroatoms. The molecule has 0 saturated heterocycles. The summed E-state index contributed by atoms with van der Waals surface area (Å²) in [6.07, 6.45) is 2.85. The van der Waals surface area contributed by atoms with Crippen molar-refractivity contribution in [3.05, 3.63) is 58.3 Å². The zero-order valence-electron chi connectivity index (χ0n) is 12.2. The van der Waals surface area contributed by atoms with Crippen LogP contribution in [0.4, 0.5) is 4.39 Å². The van der Waals surface area contributed by atoms with Crippen molar-refractivity contribution in [2.45, 2.75) is 19.3 Å². The first kappa shape index (κ1) is 15.3. The Morgan fingerprint density at radius 2 is 1.91 bits per heavy atom. The van der Waals surface area contributed by atoms with Gasteiger partial charge in [-0.2, -0.15) is 0 Å². The van der Waals surface area contributed by atoms with Crippen LogP contribution < -0.4 is 5.73 Å². The Morgan fingerprint density at radius 3 is 2.68 bits per heavy atom. The van der Waals surface area contributed by atoms with Gasteiger partial charge < -0.3 is 10.7 Å². The number of nitrogens with two attached hydrogens (primary N) is 1. The minimum absolute atomic E-state index is 0.201. The Balaban J connectivity index is 2.15. The van der Waals surface area contributed by atoms with Gasteiger partial charge in [0.1, 0.15) is 5.82 Å². The summed E-state index contributed by atoms with van der Waals surface area (Å²) in [4.78, 5) is 3.38. The van der Waals surface area contributed by atoms with Gasteiger partial charge in [0.2, 0.25) is 0 Å². The van der Waals surface area contributed by atoms with Crippen molar-refractivity contribution in [2.75, 3.05) is 6.54 Å². The molecule has 0 bridgehead atoms. The van der Waals surface area contributed by atoms with Gasteiger partial charge in [0.05, 0.1) is 5.69 Å². The van der Waals surface area contributed by atoms with E-state index in [9.17, 15) is 4.39 Å². The van der Waals surface area contributed by atoms with Gasteiger partial charge in [-0.3, -0.25) is 0 Å². The number of H-pyrrole nitrogens is 1. The standard InChI is InChI=1S/C18H18BrFN2/c19-12-8-9-17-15(11-12)13(5-3-4-10-21)18(22-17)14-6-1-2-7-16(14)20/h1-2,6-9,11,22H,3-5,10,21H2. The molecule has 2 nitrogen and oxygen atoms in total. The Bertz CT molecular complexity index is 795. The molecule has 114 valence electrons. The molecule has 1 heterocycles. The largest absolute Gasteiger partial charge is 0.354 e. The van der Waals surface area contributed by atoms with Crippen LogP contribution in [-0.4, -0.2) is 11.5 Å². The summed E-state index contributed by atoms with van der Waals surface area (Å²) in [6, 6.07) is 13.0. The molecule has 0 atom stereocenters.